The molecule has 23 heavy (non-hydrogen) atoms. The van der Waals surface area contributed by atoms with E-state index in [1.165, 1.54) is 6.42 Å². The van der Waals surface area contributed by atoms with E-state index in [2.05, 4.69) is 34.2 Å². The van der Waals surface area contributed by atoms with Gasteiger partial charge in [0.15, 0.2) is 0 Å². The van der Waals surface area contributed by atoms with Gasteiger partial charge in [-0.05, 0) is 42.4 Å². The molecule has 0 aromatic carbocycles. The Hall–Kier alpha value is -2.37. The quantitative estimate of drug-likeness (QED) is 0.883. The predicted molar refractivity (Wildman–Crippen MR) is 85.8 cm³/mol. The summed E-state index contributed by atoms with van der Waals surface area (Å²) in [4.78, 5) is 18.1. The van der Waals surface area contributed by atoms with Gasteiger partial charge in [-0.15, -0.1) is 0 Å². The smallest absolute Gasteiger partial charge is 0.353 e. The first-order chi connectivity index (χ1) is 11.1. The fraction of sp³-hybridized carbons (Fsp3) is 0.471. The molecule has 2 atom stereocenters. The summed E-state index contributed by atoms with van der Waals surface area (Å²) in [6, 6.07) is 5.79. The van der Waals surface area contributed by atoms with Crippen LogP contribution in [-0.4, -0.2) is 39.3 Å². The highest BCUT2D eigenvalue weighted by Crippen LogP contribution is 2.45. The number of carboxylic acids is 1. The highest BCUT2D eigenvalue weighted by atomic mass is 16.4. The highest BCUT2D eigenvalue weighted by Gasteiger charge is 2.45. The van der Waals surface area contributed by atoms with Crippen LogP contribution < -0.4 is 4.90 Å². The van der Waals surface area contributed by atoms with Gasteiger partial charge in [0.25, 0.3) is 0 Å². The third kappa shape index (κ3) is 2.69. The monoisotopic (exact) mass is 312 g/mol. The van der Waals surface area contributed by atoms with Crippen LogP contribution in [0, 0.1) is 11.8 Å². The second kappa shape index (κ2) is 5.37. The van der Waals surface area contributed by atoms with E-state index >= 15 is 0 Å². The first kappa shape index (κ1) is 14.2. The average molecular weight is 312 g/mol. The van der Waals surface area contributed by atoms with Gasteiger partial charge in [0.05, 0.1) is 5.69 Å². The molecule has 1 saturated carbocycles. The van der Waals surface area contributed by atoms with Gasteiger partial charge in [-0.25, -0.2) is 9.78 Å². The first-order valence-corrected chi connectivity index (χ1v) is 8.15. The Morgan fingerprint density at radius 3 is 2.83 bits per heavy atom. The number of nitrogens with one attached hydrogen (secondary N) is 1. The number of pyridine rings is 1. The Labute approximate surface area is 134 Å². The highest BCUT2D eigenvalue weighted by molar-refractivity contribution is 5.85. The summed E-state index contributed by atoms with van der Waals surface area (Å²) >= 11 is 0. The molecule has 0 bridgehead atoms. The summed E-state index contributed by atoms with van der Waals surface area (Å²) in [5, 5.41) is 15.6. The lowest BCUT2D eigenvalue weighted by Gasteiger charge is -2.20. The largest absolute Gasteiger partial charge is 0.477 e. The molecule has 120 valence electrons. The third-order valence-electron chi connectivity index (χ3n) is 4.92. The molecule has 2 aromatic heterocycles. The van der Waals surface area contributed by atoms with Crippen LogP contribution in [-0.2, 0) is 12.8 Å². The van der Waals surface area contributed by atoms with Crippen LogP contribution in [0.2, 0.25) is 0 Å². The number of H-pyrrole nitrogens is 1. The molecule has 4 rings (SSSR count). The number of carbonyl (C=O) groups is 1. The summed E-state index contributed by atoms with van der Waals surface area (Å²) < 4.78 is 0. The minimum absolute atomic E-state index is 0.124. The molecule has 1 aliphatic carbocycles. The molecule has 2 fully saturated rings. The van der Waals surface area contributed by atoms with Gasteiger partial charge in [0, 0.05) is 25.2 Å². The second-order valence-electron chi connectivity index (χ2n) is 6.54. The molecule has 6 heteroatoms. The number of hydrogen-bond acceptors (Lipinski definition) is 4. The van der Waals surface area contributed by atoms with Crippen LogP contribution in [0.1, 0.15) is 40.8 Å². The molecular formula is C17H20N4O2. The zero-order valence-electron chi connectivity index (χ0n) is 13.1. The third-order valence-corrected chi connectivity index (χ3v) is 4.92. The average Bonchev–Trinajstić information content (AvgIpc) is 2.97. The maximum absolute atomic E-state index is 10.9. The van der Waals surface area contributed by atoms with E-state index in [0.717, 1.165) is 54.1 Å². The van der Waals surface area contributed by atoms with E-state index in [1.54, 1.807) is 6.07 Å². The van der Waals surface area contributed by atoms with Gasteiger partial charge in [-0.1, -0.05) is 13.0 Å². The topological polar surface area (TPSA) is 82.1 Å². The number of piperidine rings is 1. The molecule has 1 aliphatic heterocycles. The zero-order chi connectivity index (χ0) is 16.0. The minimum Gasteiger partial charge on any atom is -0.477 e. The standard InChI is InChI=1S/C17H20N4O2/c1-2-14-10(6-13-7-15(17(22)23)20-19-13)3-4-16(18-14)21-8-11-5-12(11)9-21/h3-4,7,11-12H,2,5-6,8-9H2,1H3,(H,19,20)(H,22,23). The molecule has 2 aliphatic rings. The Kier molecular flexibility index (Phi) is 3.32. The van der Waals surface area contributed by atoms with Crippen molar-refractivity contribution in [1.29, 1.82) is 0 Å². The second-order valence-corrected chi connectivity index (χ2v) is 6.54. The van der Waals surface area contributed by atoms with Gasteiger partial charge >= 0.3 is 5.97 Å². The van der Waals surface area contributed by atoms with Crippen LogP contribution >= 0.6 is 0 Å². The van der Waals surface area contributed by atoms with E-state index in [1.807, 2.05) is 0 Å². The number of aromatic nitrogens is 3. The lowest BCUT2D eigenvalue weighted by atomic mass is 10.1. The van der Waals surface area contributed by atoms with Crippen LogP contribution in [0.15, 0.2) is 18.2 Å². The fourth-order valence-electron chi connectivity index (χ4n) is 3.51. The molecule has 3 heterocycles. The Morgan fingerprint density at radius 1 is 1.39 bits per heavy atom. The van der Waals surface area contributed by atoms with Crippen molar-refractivity contribution < 1.29 is 9.90 Å². The summed E-state index contributed by atoms with van der Waals surface area (Å²) in [6.07, 6.45) is 2.85. The van der Waals surface area contributed by atoms with Gasteiger partial charge in [-0.2, -0.15) is 5.10 Å². The normalized spacial score (nSPS) is 22.2. The molecule has 0 amide bonds. The van der Waals surface area contributed by atoms with E-state index in [0.29, 0.717) is 6.42 Å². The number of rotatable bonds is 5. The number of anilines is 1. The van der Waals surface area contributed by atoms with Gasteiger partial charge in [0.2, 0.25) is 0 Å². The zero-order valence-corrected chi connectivity index (χ0v) is 13.1. The summed E-state index contributed by atoms with van der Waals surface area (Å²) in [6.45, 7) is 4.38. The number of nitrogens with zero attached hydrogens (tertiary/aromatic N) is 3. The molecule has 2 aromatic rings. The molecule has 1 saturated heterocycles. The lowest BCUT2D eigenvalue weighted by Crippen LogP contribution is -2.23. The van der Waals surface area contributed by atoms with Crippen LogP contribution in [0.4, 0.5) is 5.82 Å². The van der Waals surface area contributed by atoms with Gasteiger partial charge in [-0.3, -0.25) is 5.10 Å². The number of fused-ring (bicyclic) bond motifs is 1. The van der Waals surface area contributed by atoms with E-state index in [9.17, 15) is 4.79 Å². The maximum Gasteiger partial charge on any atom is 0.353 e. The molecule has 2 N–H and O–H groups in total. The van der Waals surface area contributed by atoms with Crippen molar-refractivity contribution in [1.82, 2.24) is 15.2 Å². The summed E-state index contributed by atoms with van der Waals surface area (Å²) in [5.41, 5.74) is 3.04. The Morgan fingerprint density at radius 2 is 2.17 bits per heavy atom. The van der Waals surface area contributed by atoms with Crippen molar-refractivity contribution in [3.8, 4) is 0 Å². The number of aromatic amines is 1. The fourth-order valence-corrected chi connectivity index (χ4v) is 3.51. The predicted octanol–water partition coefficient (Wildman–Crippen LogP) is 2.11. The Balaban J connectivity index is 1.54. The Bertz CT molecular complexity index is 745. The maximum atomic E-state index is 10.9. The van der Waals surface area contributed by atoms with Crippen molar-refractivity contribution >= 4 is 11.8 Å². The number of carboxylic acid groups (broad SMARTS) is 1. The van der Waals surface area contributed by atoms with Crippen LogP contribution in [0.3, 0.4) is 0 Å². The molecule has 0 radical (unpaired) electrons. The van der Waals surface area contributed by atoms with Crippen LogP contribution in [0.25, 0.3) is 0 Å². The van der Waals surface area contributed by atoms with E-state index < -0.39 is 5.97 Å². The number of hydrogen-bond donors (Lipinski definition) is 2. The van der Waals surface area contributed by atoms with Crippen molar-refractivity contribution in [3.63, 3.8) is 0 Å². The summed E-state index contributed by atoms with van der Waals surface area (Å²) in [7, 11) is 0. The van der Waals surface area contributed by atoms with Crippen molar-refractivity contribution in [2.75, 3.05) is 18.0 Å². The first-order valence-electron chi connectivity index (χ1n) is 8.15. The van der Waals surface area contributed by atoms with Crippen molar-refractivity contribution in [3.05, 3.63) is 40.8 Å². The number of aromatic carboxylic acids is 1. The van der Waals surface area contributed by atoms with E-state index in [-0.39, 0.29) is 5.69 Å². The van der Waals surface area contributed by atoms with Gasteiger partial charge < -0.3 is 10.0 Å². The van der Waals surface area contributed by atoms with Crippen molar-refractivity contribution in [2.24, 2.45) is 11.8 Å². The van der Waals surface area contributed by atoms with E-state index in [4.69, 9.17) is 10.1 Å². The molecular weight excluding hydrogens is 292 g/mol. The van der Waals surface area contributed by atoms with Gasteiger partial charge in [0.1, 0.15) is 11.5 Å². The summed E-state index contributed by atoms with van der Waals surface area (Å²) in [5.74, 6) is 1.87. The molecule has 6 nitrogen and oxygen atoms in total. The molecule has 0 spiro atoms. The minimum atomic E-state index is -0.986. The SMILES string of the molecule is CCc1nc(N2CC3CC3C2)ccc1Cc1cc(C(=O)O)[nH]n1. The lowest BCUT2D eigenvalue weighted by molar-refractivity contribution is 0.0690. The van der Waals surface area contributed by atoms with Crippen LogP contribution in [0.5, 0.6) is 0 Å². The van der Waals surface area contributed by atoms with Crippen molar-refractivity contribution in [2.45, 2.75) is 26.2 Å². The number of aryl methyl sites for hydroxylation is 1. The molecule has 2 unspecified atom stereocenters.